The maximum Gasteiger partial charge on any atom is 0.215 e. The first-order valence-corrected chi connectivity index (χ1v) is 8.96. The second-order valence-electron chi connectivity index (χ2n) is 7.12. The van der Waals surface area contributed by atoms with Gasteiger partial charge in [0, 0.05) is 24.2 Å². The molecular weight excluding hydrogens is 312 g/mol. The third-order valence-corrected chi connectivity index (χ3v) is 5.61. The highest BCUT2D eigenvalue weighted by Crippen LogP contribution is 2.52. The summed E-state index contributed by atoms with van der Waals surface area (Å²) in [6.07, 6.45) is 2.09. The largest absolute Gasteiger partial charge is 0.494 e. The summed E-state index contributed by atoms with van der Waals surface area (Å²) < 4.78 is 5.70. The van der Waals surface area contributed by atoms with Crippen molar-refractivity contribution in [3.8, 4) is 5.75 Å². The molecule has 0 bridgehead atoms. The number of rotatable bonds is 5. The van der Waals surface area contributed by atoms with Gasteiger partial charge in [-0.25, -0.2) is 0 Å². The summed E-state index contributed by atoms with van der Waals surface area (Å²) in [5.74, 6) is 0.885. The Balaban J connectivity index is 1.70. The number of hydrogen-bond donors (Lipinski definition) is 0. The zero-order chi connectivity index (χ0) is 17.4. The molecule has 2 aliphatic rings. The van der Waals surface area contributed by atoms with Crippen molar-refractivity contribution in [1.82, 2.24) is 4.90 Å². The minimum Gasteiger partial charge on any atom is -0.494 e. The molecule has 2 aliphatic heterocycles. The van der Waals surface area contributed by atoms with E-state index in [1.54, 1.807) is 0 Å². The fraction of sp³-hybridized carbons (Fsp3) is 0.381. The van der Waals surface area contributed by atoms with Crippen LogP contribution in [0.1, 0.15) is 31.4 Å². The lowest BCUT2D eigenvalue weighted by molar-refractivity contribution is -0.108. The molecule has 4 rings (SSSR count). The van der Waals surface area contributed by atoms with Crippen LogP contribution >= 0.6 is 0 Å². The van der Waals surface area contributed by atoms with Crippen molar-refractivity contribution in [2.45, 2.75) is 38.4 Å². The summed E-state index contributed by atoms with van der Waals surface area (Å²) >= 11 is 0. The van der Waals surface area contributed by atoms with Gasteiger partial charge in [-0.2, -0.15) is 0 Å². The first-order chi connectivity index (χ1) is 12.2. The van der Waals surface area contributed by atoms with Crippen molar-refractivity contribution in [3.05, 3.63) is 59.7 Å². The Bertz CT molecular complexity index is 777. The van der Waals surface area contributed by atoms with E-state index in [2.05, 4.69) is 42.2 Å². The van der Waals surface area contributed by atoms with Crippen LogP contribution in [0.25, 0.3) is 0 Å². The monoisotopic (exact) mass is 336 g/mol. The van der Waals surface area contributed by atoms with Crippen molar-refractivity contribution in [2.75, 3.05) is 18.1 Å². The van der Waals surface area contributed by atoms with Crippen molar-refractivity contribution in [1.29, 1.82) is 0 Å². The second kappa shape index (κ2) is 6.19. The van der Waals surface area contributed by atoms with Crippen molar-refractivity contribution in [3.63, 3.8) is 0 Å². The average Bonchev–Trinajstić information content (AvgIpc) is 3.08. The van der Waals surface area contributed by atoms with Crippen LogP contribution in [-0.4, -0.2) is 30.6 Å². The Morgan fingerprint density at radius 2 is 2.04 bits per heavy atom. The van der Waals surface area contributed by atoms with Gasteiger partial charge in [-0.15, -0.1) is 0 Å². The molecule has 4 heteroatoms. The predicted molar refractivity (Wildman–Crippen MR) is 98.8 cm³/mol. The van der Waals surface area contributed by atoms with Crippen LogP contribution in [0.15, 0.2) is 48.5 Å². The number of amides is 1. The quantitative estimate of drug-likeness (QED) is 0.783. The molecule has 0 radical (unpaired) electrons. The predicted octanol–water partition coefficient (Wildman–Crippen LogP) is 3.55. The van der Waals surface area contributed by atoms with Gasteiger partial charge in [-0.3, -0.25) is 14.6 Å². The Kier molecular flexibility index (Phi) is 4.00. The number of carbonyl (C=O) groups excluding carboxylic acids is 1. The maximum atomic E-state index is 11.9. The molecule has 1 saturated heterocycles. The molecule has 1 unspecified atom stereocenters. The Morgan fingerprint density at radius 1 is 1.24 bits per heavy atom. The van der Waals surface area contributed by atoms with E-state index in [0.29, 0.717) is 6.61 Å². The molecule has 0 saturated carbocycles. The van der Waals surface area contributed by atoms with Crippen molar-refractivity contribution >= 4 is 12.1 Å². The third-order valence-electron chi connectivity index (χ3n) is 5.61. The molecule has 0 aromatic heterocycles. The Hall–Kier alpha value is -2.33. The third kappa shape index (κ3) is 2.52. The van der Waals surface area contributed by atoms with Crippen LogP contribution in [0.5, 0.6) is 5.75 Å². The zero-order valence-electron chi connectivity index (χ0n) is 14.8. The van der Waals surface area contributed by atoms with Crippen LogP contribution in [-0.2, 0) is 16.8 Å². The van der Waals surface area contributed by atoms with Gasteiger partial charge in [-0.1, -0.05) is 37.3 Å². The highest BCUT2D eigenvalue weighted by atomic mass is 16.5. The SMILES string of the molecule is CCOc1ccc2c(c1)[C@]1(C)CCN(Cc3ccccc3)C1N2C=O. The van der Waals surface area contributed by atoms with E-state index in [9.17, 15) is 4.79 Å². The number of likely N-dealkylation sites (tertiary alicyclic amines) is 1. The molecule has 2 aromatic rings. The van der Waals surface area contributed by atoms with E-state index in [-0.39, 0.29) is 11.6 Å². The van der Waals surface area contributed by atoms with Gasteiger partial charge in [0.15, 0.2) is 0 Å². The molecule has 0 N–H and O–H groups in total. The number of ether oxygens (including phenoxy) is 1. The molecule has 4 nitrogen and oxygen atoms in total. The van der Waals surface area contributed by atoms with Gasteiger partial charge in [0.2, 0.25) is 6.41 Å². The van der Waals surface area contributed by atoms with E-state index in [1.807, 2.05) is 30.0 Å². The number of anilines is 1. The molecule has 2 atom stereocenters. The molecule has 0 aliphatic carbocycles. The van der Waals surface area contributed by atoms with Crippen LogP contribution in [0.2, 0.25) is 0 Å². The van der Waals surface area contributed by atoms with Crippen LogP contribution < -0.4 is 9.64 Å². The molecule has 130 valence electrons. The molecule has 2 aromatic carbocycles. The van der Waals surface area contributed by atoms with E-state index < -0.39 is 0 Å². The maximum absolute atomic E-state index is 11.9. The average molecular weight is 336 g/mol. The summed E-state index contributed by atoms with van der Waals surface area (Å²) in [5, 5.41) is 0. The molecule has 0 spiro atoms. The van der Waals surface area contributed by atoms with E-state index >= 15 is 0 Å². The molecule has 1 amide bonds. The van der Waals surface area contributed by atoms with Gasteiger partial charge in [-0.05, 0) is 42.7 Å². The second-order valence-corrected chi connectivity index (χ2v) is 7.12. The fourth-order valence-corrected chi connectivity index (χ4v) is 4.47. The van der Waals surface area contributed by atoms with Gasteiger partial charge in [0.05, 0.1) is 12.8 Å². The topological polar surface area (TPSA) is 32.8 Å². The van der Waals surface area contributed by atoms with Gasteiger partial charge in [0.25, 0.3) is 0 Å². The first kappa shape index (κ1) is 16.2. The summed E-state index contributed by atoms with van der Waals surface area (Å²) in [6.45, 7) is 6.76. The van der Waals surface area contributed by atoms with Crippen molar-refractivity contribution in [2.24, 2.45) is 0 Å². The summed E-state index contributed by atoms with van der Waals surface area (Å²) in [7, 11) is 0. The Labute approximate surface area is 149 Å². The number of nitrogens with zero attached hydrogens (tertiary/aromatic N) is 2. The fourth-order valence-electron chi connectivity index (χ4n) is 4.47. The van der Waals surface area contributed by atoms with Gasteiger partial charge in [0.1, 0.15) is 5.75 Å². The molecule has 2 heterocycles. The van der Waals surface area contributed by atoms with E-state index in [0.717, 1.165) is 37.4 Å². The van der Waals surface area contributed by atoms with Crippen LogP contribution in [0.3, 0.4) is 0 Å². The normalized spacial score (nSPS) is 24.9. The summed E-state index contributed by atoms with van der Waals surface area (Å²) in [5.41, 5.74) is 3.47. The van der Waals surface area contributed by atoms with E-state index in [1.165, 1.54) is 11.1 Å². The summed E-state index contributed by atoms with van der Waals surface area (Å²) in [4.78, 5) is 16.3. The van der Waals surface area contributed by atoms with Gasteiger partial charge >= 0.3 is 0 Å². The standard InChI is InChI=1S/C21H24N2O2/c1-3-25-17-9-10-19-18(13-17)21(2)11-12-22(20(21)23(19)15-24)14-16-7-5-4-6-8-16/h4-10,13,15,20H,3,11-12,14H2,1-2H3/t20?,21-/m0/s1. The molecule has 25 heavy (non-hydrogen) atoms. The van der Waals surface area contributed by atoms with Crippen molar-refractivity contribution < 1.29 is 9.53 Å². The highest BCUT2D eigenvalue weighted by molar-refractivity contribution is 5.83. The number of carbonyl (C=O) groups is 1. The van der Waals surface area contributed by atoms with E-state index in [4.69, 9.17) is 4.74 Å². The first-order valence-electron chi connectivity index (χ1n) is 8.96. The lowest BCUT2D eigenvalue weighted by atomic mass is 9.81. The lowest BCUT2D eigenvalue weighted by Crippen LogP contribution is -2.48. The highest BCUT2D eigenvalue weighted by Gasteiger charge is 2.54. The number of benzene rings is 2. The molecule has 1 fully saturated rings. The number of fused-ring (bicyclic) bond motifs is 3. The van der Waals surface area contributed by atoms with Gasteiger partial charge < -0.3 is 4.74 Å². The minimum absolute atomic E-state index is 0.0574. The lowest BCUT2D eigenvalue weighted by Gasteiger charge is -2.33. The summed E-state index contributed by atoms with van der Waals surface area (Å²) in [6, 6.07) is 16.6. The zero-order valence-corrected chi connectivity index (χ0v) is 14.8. The van der Waals surface area contributed by atoms with Crippen LogP contribution in [0, 0.1) is 0 Å². The smallest absolute Gasteiger partial charge is 0.215 e. The van der Waals surface area contributed by atoms with Crippen LogP contribution in [0.4, 0.5) is 5.69 Å². The minimum atomic E-state index is -0.0574. The number of hydrogen-bond acceptors (Lipinski definition) is 3. The Morgan fingerprint density at radius 3 is 2.76 bits per heavy atom. The molecular formula is C21H24N2O2.